The predicted octanol–water partition coefficient (Wildman–Crippen LogP) is 4.49. The number of benzene rings is 2. The zero-order valence-electron chi connectivity index (χ0n) is 11.8. The average molecular weight is 289 g/mol. The van der Waals surface area contributed by atoms with Crippen LogP contribution in [0.4, 0.5) is 5.69 Å². The number of hydrogen-bond acceptors (Lipinski definition) is 3. The molecule has 2 rings (SSSR count). The molecular formula is C16H17ClN2O. The number of halogens is 1. The maximum atomic E-state index is 5.85. The summed E-state index contributed by atoms with van der Waals surface area (Å²) < 4.78 is 5.36. The number of hydrazone groups is 1. The van der Waals surface area contributed by atoms with Crippen molar-refractivity contribution in [2.24, 2.45) is 5.10 Å². The standard InChI is InChI=1S/C16H17ClN2O/c1-11-4-9-16(20-3)15(10-11)12(2)18-19-14-7-5-13(17)6-8-14/h4-10,19H,1-3H3/b18-12-. The fourth-order valence-corrected chi connectivity index (χ4v) is 1.96. The van der Waals surface area contributed by atoms with E-state index < -0.39 is 0 Å². The second-order valence-corrected chi connectivity index (χ2v) is 4.96. The SMILES string of the molecule is COc1ccc(C)cc1/C(C)=N\Nc1ccc(Cl)cc1. The van der Waals surface area contributed by atoms with Crippen LogP contribution in [0.25, 0.3) is 0 Å². The van der Waals surface area contributed by atoms with E-state index in [0.29, 0.717) is 5.02 Å². The van der Waals surface area contributed by atoms with Crippen LogP contribution in [0.15, 0.2) is 47.6 Å². The molecule has 0 radical (unpaired) electrons. The molecule has 3 nitrogen and oxygen atoms in total. The van der Waals surface area contributed by atoms with Gasteiger partial charge in [-0.2, -0.15) is 5.10 Å². The van der Waals surface area contributed by atoms with Gasteiger partial charge in [0.05, 0.1) is 18.5 Å². The zero-order chi connectivity index (χ0) is 14.5. The first-order valence-electron chi connectivity index (χ1n) is 6.31. The van der Waals surface area contributed by atoms with Gasteiger partial charge in [0, 0.05) is 10.6 Å². The highest BCUT2D eigenvalue weighted by molar-refractivity contribution is 6.30. The lowest BCUT2D eigenvalue weighted by Gasteiger charge is -2.09. The Morgan fingerprint density at radius 3 is 2.50 bits per heavy atom. The van der Waals surface area contributed by atoms with Gasteiger partial charge in [-0.25, -0.2) is 0 Å². The van der Waals surface area contributed by atoms with Crippen molar-refractivity contribution in [3.05, 3.63) is 58.6 Å². The monoisotopic (exact) mass is 288 g/mol. The first-order valence-corrected chi connectivity index (χ1v) is 6.69. The Morgan fingerprint density at radius 1 is 1.15 bits per heavy atom. The van der Waals surface area contributed by atoms with E-state index in [2.05, 4.69) is 16.6 Å². The maximum absolute atomic E-state index is 5.85. The minimum atomic E-state index is 0.705. The Bertz CT molecular complexity index is 621. The second-order valence-electron chi connectivity index (χ2n) is 4.52. The van der Waals surface area contributed by atoms with Gasteiger partial charge in [-0.3, -0.25) is 5.43 Å². The van der Waals surface area contributed by atoms with Crippen molar-refractivity contribution in [3.63, 3.8) is 0 Å². The molecule has 4 heteroatoms. The summed E-state index contributed by atoms with van der Waals surface area (Å²) in [5.74, 6) is 0.815. The lowest BCUT2D eigenvalue weighted by atomic mass is 10.1. The average Bonchev–Trinajstić information content (AvgIpc) is 2.46. The smallest absolute Gasteiger partial charge is 0.127 e. The van der Waals surface area contributed by atoms with Crippen molar-refractivity contribution < 1.29 is 4.74 Å². The lowest BCUT2D eigenvalue weighted by molar-refractivity contribution is 0.414. The molecule has 0 aromatic heterocycles. The van der Waals surface area contributed by atoms with E-state index in [1.807, 2.05) is 50.2 Å². The molecule has 0 aliphatic rings. The van der Waals surface area contributed by atoms with Crippen molar-refractivity contribution in [2.75, 3.05) is 12.5 Å². The number of ether oxygens (including phenoxy) is 1. The molecule has 2 aromatic carbocycles. The van der Waals surface area contributed by atoms with Crippen molar-refractivity contribution in [1.82, 2.24) is 0 Å². The van der Waals surface area contributed by atoms with Crippen LogP contribution >= 0.6 is 11.6 Å². The normalized spacial score (nSPS) is 11.3. The molecule has 0 saturated heterocycles. The summed E-state index contributed by atoms with van der Waals surface area (Å²) in [5, 5.41) is 5.09. The third kappa shape index (κ3) is 3.52. The van der Waals surface area contributed by atoms with E-state index in [1.54, 1.807) is 7.11 Å². The third-order valence-electron chi connectivity index (χ3n) is 2.94. The van der Waals surface area contributed by atoms with Gasteiger partial charge >= 0.3 is 0 Å². The Hall–Kier alpha value is -2.00. The van der Waals surface area contributed by atoms with Gasteiger partial charge in [0.2, 0.25) is 0 Å². The van der Waals surface area contributed by atoms with E-state index in [9.17, 15) is 0 Å². The van der Waals surface area contributed by atoms with Crippen LogP contribution in [-0.4, -0.2) is 12.8 Å². The first-order chi connectivity index (χ1) is 9.60. The van der Waals surface area contributed by atoms with Gasteiger partial charge < -0.3 is 4.74 Å². The van der Waals surface area contributed by atoms with Gasteiger partial charge in [-0.1, -0.05) is 23.2 Å². The zero-order valence-corrected chi connectivity index (χ0v) is 12.5. The van der Waals surface area contributed by atoms with Crippen LogP contribution in [0.5, 0.6) is 5.75 Å². The van der Waals surface area contributed by atoms with Gasteiger partial charge in [-0.15, -0.1) is 0 Å². The number of nitrogens with zero attached hydrogens (tertiary/aromatic N) is 1. The number of aryl methyl sites for hydroxylation is 1. The van der Waals surface area contributed by atoms with Crippen LogP contribution in [0, 0.1) is 6.92 Å². The van der Waals surface area contributed by atoms with Gasteiger partial charge in [-0.05, 0) is 50.2 Å². The molecule has 2 aromatic rings. The molecule has 0 bridgehead atoms. The summed E-state index contributed by atoms with van der Waals surface area (Å²) in [4.78, 5) is 0. The first kappa shape index (κ1) is 14.4. The molecule has 0 amide bonds. The number of anilines is 1. The Morgan fingerprint density at radius 2 is 1.85 bits per heavy atom. The topological polar surface area (TPSA) is 33.6 Å². The molecule has 1 N–H and O–H groups in total. The second kappa shape index (κ2) is 6.44. The third-order valence-corrected chi connectivity index (χ3v) is 3.19. The molecule has 0 aliphatic carbocycles. The Kier molecular flexibility index (Phi) is 4.64. The molecule has 0 heterocycles. The summed E-state index contributed by atoms with van der Waals surface area (Å²) in [6.07, 6.45) is 0. The molecule has 0 aliphatic heterocycles. The highest BCUT2D eigenvalue weighted by Gasteiger charge is 2.06. The Labute approximate surface area is 124 Å². The minimum Gasteiger partial charge on any atom is -0.496 e. The van der Waals surface area contributed by atoms with Crippen LogP contribution in [0.3, 0.4) is 0 Å². The minimum absolute atomic E-state index is 0.705. The molecule has 0 atom stereocenters. The molecule has 0 saturated carbocycles. The van der Waals surface area contributed by atoms with Crippen LogP contribution in [0.1, 0.15) is 18.1 Å². The van der Waals surface area contributed by atoms with Crippen molar-refractivity contribution in [2.45, 2.75) is 13.8 Å². The van der Waals surface area contributed by atoms with Crippen molar-refractivity contribution in [3.8, 4) is 5.75 Å². The summed E-state index contributed by atoms with van der Waals surface area (Å²) in [5.41, 5.74) is 6.91. The number of nitrogens with one attached hydrogen (secondary N) is 1. The van der Waals surface area contributed by atoms with Crippen LogP contribution < -0.4 is 10.2 Å². The fourth-order valence-electron chi connectivity index (χ4n) is 1.84. The highest BCUT2D eigenvalue weighted by atomic mass is 35.5. The molecular weight excluding hydrogens is 272 g/mol. The summed E-state index contributed by atoms with van der Waals surface area (Å²) in [7, 11) is 1.66. The number of hydrogen-bond donors (Lipinski definition) is 1. The lowest BCUT2D eigenvalue weighted by Crippen LogP contribution is -2.03. The summed E-state index contributed by atoms with van der Waals surface area (Å²) >= 11 is 5.85. The molecule has 0 unspecified atom stereocenters. The van der Waals surface area contributed by atoms with Crippen molar-refractivity contribution in [1.29, 1.82) is 0 Å². The molecule has 0 spiro atoms. The predicted molar refractivity (Wildman–Crippen MR) is 85.0 cm³/mol. The summed E-state index contributed by atoms with van der Waals surface area (Å²) in [6.45, 7) is 3.99. The number of rotatable bonds is 4. The fraction of sp³-hybridized carbons (Fsp3) is 0.188. The van der Waals surface area contributed by atoms with Crippen LogP contribution in [0.2, 0.25) is 5.02 Å². The van der Waals surface area contributed by atoms with E-state index in [4.69, 9.17) is 16.3 Å². The quantitative estimate of drug-likeness (QED) is 0.664. The molecule has 20 heavy (non-hydrogen) atoms. The largest absolute Gasteiger partial charge is 0.496 e. The van der Waals surface area contributed by atoms with Gasteiger partial charge in [0.15, 0.2) is 0 Å². The van der Waals surface area contributed by atoms with Crippen molar-refractivity contribution >= 4 is 23.0 Å². The maximum Gasteiger partial charge on any atom is 0.127 e. The van der Waals surface area contributed by atoms with E-state index in [1.165, 1.54) is 5.56 Å². The van der Waals surface area contributed by atoms with Gasteiger partial charge in [0.25, 0.3) is 0 Å². The van der Waals surface area contributed by atoms with E-state index >= 15 is 0 Å². The molecule has 0 fully saturated rings. The summed E-state index contributed by atoms with van der Waals surface area (Å²) in [6, 6.07) is 13.4. The Balaban J connectivity index is 2.22. The molecule has 104 valence electrons. The van der Waals surface area contributed by atoms with Crippen LogP contribution in [-0.2, 0) is 0 Å². The van der Waals surface area contributed by atoms with E-state index in [0.717, 1.165) is 22.7 Å². The van der Waals surface area contributed by atoms with Gasteiger partial charge in [0.1, 0.15) is 5.75 Å². The number of methoxy groups -OCH3 is 1. The highest BCUT2D eigenvalue weighted by Crippen LogP contribution is 2.21. The van der Waals surface area contributed by atoms with E-state index in [-0.39, 0.29) is 0 Å².